The first-order valence-corrected chi connectivity index (χ1v) is 12.2. The smallest absolute Gasteiger partial charge is 0.295 e. The van der Waals surface area contributed by atoms with Crippen LogP contribution < -0.4 is 9.47 Å². The standard InChI is InChI=1S/C28H35NO6/c1-5-7-13-29-25(19-9-8-10-21(16-19)35-15-14-30)24(27(32)28(29)33)26(31)20-11-12-23(34-6-2)22(17-20)18(3)4/h8-12,16-18,25,30-31H,5-7,13-15H2,1-4H3/b26-24+. The van der Waals surface area contributed by atoms with E-state index in [1.807, 2.05) is 39.8 Å². The number of rotatable bonds is 11. The third-order valence-electron chi connectivity index (χ3n) is 6.03. The molecule has 7 nitrogen and oxygen atoms in total. The molecule has 1 aliphatic rings. The number of aliphatic hydroxyl groups excluding tert-OH is 2. The Morgan fingerprint density at radius 3 is 2.51 bits per heavy atom. The molecule has 3 rings (SSSR count). The van der Waals surface area contributed by atoms with Crippen molar-refractivity contribution in [2.45, 2.75) is 52.5 Å². The van der Waals surface area contributed by atoms with Crippen molar-refractivity contribution in [3.05, 3.63) is 64.7 Å². The Hall–Kier alpha value is -3.32. The van der Waals surface area contributed by atoms with E-state index in [0.717, 1.165) is 24.2 Å². The van der Waals surface area contributed by atoms with Gasteiger partial charge in [-0.15, -0.1) is 0 Å². The topological polar surface area (TPSA) is 96.3 Å². The predicted molar refractivity (Wildman–Crippen MR) is 135 cm³/mol. The average molecular weight is 482 g/mol. The van der Waals surface area contributed by atoms with Gasteiger partial charge in [-0.05, 0) is 60.7 Å². The predicted octanol–water partition coefficient (Wildman–Crippen LogP) is 4.80. The molecular formula is C28H35NO6. The van der Waals surface area contributed by atoms with E-state index in [4.69, 9.17) is 14.6 Å². The average Bonchev–Trinajstić information content (AvgIpc) is 3.11. The van der Waals surface area contributed by atoms with Gasteiger partial charge >= 0.3 is 0 Å². The molecule has 7 heteroatoms. The van der Waals surface area contributed by atoms with Gasteiger partial charge in [0.25, 0.3) is 11.7 Å². The van der Waals surface area contributed by atoms with Crippen molar-refractivity contribution >= 4 is 17.4 Å². The van der Waals surface area contributed by atoms with Crippen LogP contribution in [0.3, 0.4) is 0 Å². The number of likely N-dealkylation sites (tertiary alicyclic amines) is 1. The second kappa shape index (κ2) is 11.9. The Bertz CT molecular complexity index is 1090. The first-order valence-electron chi connectivity index (χ1n) is 12.2. The molecule has 2 aromatic rings. The number of unbranched alkanes of at least 4 members (excludes halogenated alkanes) is 1. The summed E-state index contributed by atoms with van der Waals surface area (Å²) in [6.45, 7) is 8.90. The van der Waals surface area contributed by atoms with Crippen LogP contribution >= 0.6 is 0 Å². The number of amides is 1. The summed E-state index contributed by atoms with van der Waals surface area (Å²) in [5.74, 6) is -0.160. The fourth-order valence-corrected chi connectivity index (χ4v) is 4.31. The van der Waals surface area contributed by atoms with Gasteiger partial charge in [0.15, 0.2) is 0 Å². The van der Waals surface area contributed by atoms with Crippen molar-refractivity contribution in [3.63, 3.8) is 0 Å². The van der Waals surface area contributed by atoms with E-state index in [2.05, 4.69) is 0 Å². The maximum absolute atomic E-state index is 13.2. The molecule has 0 saturated carbocycles. The van der Waals surface area contributed by atoms with Gasteiger partial charge in [-0.1, -0.05) is 39.3 Å². The molecule has 188 valence electrons. The van der Waals surface area contributed by atoms with Gasteiger partial charge < -0.3 is 24.6 Å². The largest absolute Gasteiger partial charge is 0.507 e. The Balaban J connectivity index is 2.16. The summed E-state index contributed by atoms with van der Waals surface area (Å²) in [7, 11) is 0. The monoisotopic (exact) mass is 481 g/mol. The van der Waals surface area contributed by atoms with Crippen molar-refractivity contribution in [1.82, 2.24) is 4.90 Å². The van der Waals surface area contributed by atoms with Gasteiger partial charge in [0.1, 0.15) is 23.9 Å². The van der Waals surface area contributed by atoms with E-state index in [-0.39, 0.29) is 30.5 Å². The number of Topliss-reactive ketones (excluding diaryl/α,β-unsaturated/α-hetero) is 1. The quantitative estimate of drug-likeness (QED) is 0.272. The van der Waals surface area contributed by atoms with Gasteiger partial charge in [0.2, 0.25) is 0 Å². The Morgan fingerprint density at radius 1 is 1.09 bits per heavy atom. The molecule has 0 aromatic heterocycles. The van der Waals surface area contributed by atoms with E-state index < -0.39 is 17.7 Å². The van der Waals surface area contributed by atoms with Gasteiger partial charge in [0.05, 0.1) is 24.8 Å². The molecule has 0 bridgehead atoms. The van der Waals surface area contributed by atoms with Crippen LogP contribution in [0.5, 0.6) is 11.5 Å². The highest BCUT2D eigenvalue weighted by atomic mass is 16.5. The number of carbonyl (C=O) groups is 2. The van der Waals surface area contributed by atoms with Crippen molar-refractivity contribution < 1.29 is 29.3 Å². The normalized spacial score (nSPS) is 17.3. The summed E-state index contributed by atoms with van der Waals surface area (Å²) in [5.41, 5.74) is 2.09. The summed E-state index contributed by atoms with van der Waals surface area (Å²) >= 11 is 0. The number of ether oxygens (including phenoxy) is 2. The minimum absolute atomic E-state index is 0.0595. The van der Waals surface area contributed by atoms with Crippen molar-refractivity contribution in [1.29, 1.82) is 0 Å². The molecule has 1 amide bonds. The lowest BCUT2D eigenvalue weighted by Crippen LogP contribution is -2.30. The van der Waals surface area contributed by atoms with Crippen LogP contribution in [0.1, 0.15) is 69.2 Å². The fourth-order valence-electron chi connectivity index (χ4n) is 4.31. The van der Waals surface area contributed by atoms with Gasteiger partial charge in [-0.2, -0.15) is 0 Å². The Kier molecular flexibility index (Phi) is 8.93. The van der Waals surface area contributed by atoms with Crippen LogP contribution in [0.4, 0.5) is 0 Å². The number of hydrogen-bond acceptors (Lipinski definition) is 6. The van der Waals surface area contributed by atoms with Crippen molar-refractivity contribution in [2.24, 2.45) is 0 Å². The van der Waals surface area contributed by atoms with Crippen LogP contribution in [0.15, 0.2) is 48.0 Å². The van der Waals surface area contributed by atoms with Crippen LogP contribution in [0.25, 0.3) is 5.76 Å². The third kappa shape index (κ3) is 5.68. The number of carbonyl (C=O) groups excluding carboxylic acids is 2. The lowest BCUT2D eigenvalue weighted by molar-refractivity contribution is -0.139. The van der Waals surface area contributed by atoms with Crippen molar-refractivity contribution in [3.8, 4) is 11.5 Å². The molecule has 1 unspecified atom stereocenters. The molecule has 0 aliphatic carbocycles. The molecule has 1 heterocycles. The molecule has 2 N–H and O–H groups in total. The van der Waals surface area contributed by atoms with Gasteiger partial charge in [-0.25, -0.2) is 0 Å². The molecule has 1 atom stereocenters. The first kappa shape index (κ1) is 26.3. The summed E-state index contributed by atoms with van der Waals surface area (Å²) < 4.78 is 11.3. The Labute approximate surface area is 207 Å². The minimum Gasteiger partial charge on any atom is -0.507 e. The summed E-state index contributed by atoms with van der Waals surface area (Å²) in [6, 6.07) is 11.7. The highest BCUT2D eigenvalue weighted by Gasteiger charge is 2.45. The van der Waals surface area contributed by atoms with E-state index in [1.165, 1.54) is 4.90 Å². The molecule has 0 radical (unpaired) electrons. The minimum atomic E-state index is -0.742. The van der Waals surface area contributed by atoms with E-state index in [0.29, 0.717) is 30.0 Å². The number of nitrogens with zero attached hydrogens (tertiary/aromatic N) is 1. The van der Waals surface area contributed by atoms with Gasteiger partial charge in [0, 0.05) is 12.1 Å². The fraction of sp³-hybridized carbons (Fsp3) is 0.429. The second-order valence-corrected chi connectivity index (χ2v) is 8.83. The van der Waals surface area contributed by atoms with Crippen LogP contribution in [0, 0.1) is 0 Å². The Morgan fingerprint density at radius 2 is 1.86 bits per heavy atom. The molecule has 35 heavy (non-hydrogen) atoms. The SMILES string of the molecule is CCCCN1C(=O)C(=O)/C(=C(/O)c2ccc(OCC)c(C(C)C)c2)C1c1cccc(OCCO)c1. The molecular weight excluding hydrogens is 446 g/mol. The van der Waals surface area contributed by atoms with Crippen LogP contribution in [-0.4, -0.2) is 53.2 Å². The number of benzene rings is 2. The zero-order valence-corrected chi connectivity index (χ0v) is 20.9. The summed E-state index contributed by atoms with van der Waals surface area (Å²) in [6.07, 6.45) is 1.58. The number of aliphatic hydroxyl groups is 2. The lowest BCUT2D eigenvalue weighted by Gasteiger charge is -2.25. The summed E-state index contributed by atoms with van der Waals surface area (Å²) in [5, 5.41) is 20.5. The second-order valence-electron chi connectivity index (χ2n) is 8.83. The molecule has 0 spiro atoms. The summed E-state index contributed by atoms with van der Waals surface area (Å²) in [4.78, 5) is 27.8. The van der Waals surface area contributed by atoms with Crippen molar-refractivity contribution in [2.75, 3.05) is 26.4 Å². The van der Waals surface area contributed by atoms with Gasteiger partial charge in [-0.3, -0.25) is 9.59 Å². The third-order valence-corrected chi connectivity index (χ3v) is 6.03. The maximum Gasteiger partial charge on any atom is 0.295 e. The zero-order valence-electron chi connectivity index (χ0n) is 20.9. The van der Waals surface area contributed by atoms with E-state index in [9.17, 15) is 14.7 Å². The van der Waals surface area contributed by atoms with Crippen LogP contribution in [0.2, 0.25) is 0 Å². The molecule has 1 fully saturated rings. The first-order chi connectivity index (χ1) is 16.8. The highest BCUT2D eigenvalue weighted by Crippen LogP contribution is 2.41. The number of ketones is 1. The lowest BCUT2D eigenvalue weighted by atomic mass is 9.93. The van der Waals surface area contributed by atoms with E-state index in [1.54, 1.807) is 30.3 Å². The maximum atomic E-state index is 13.2. The molecule has 1 aliphatic heterocycles. The number of hydrogen-bond donors (Lipinski definition) is 2. The highest BCUT2D eigenvalue weighted by molar-refractivity contribution is 6.46. The van der Waals surface area contributed by atoms with Crippen LogP contribution in [-0.2, 0) is 9.59 Å². The van der Waals surface area contributed by atoms with E-state index >= 15 is 0 Å². The molecule has 1 saturated heterocycles. The zero-order chi connectivity index (χ0) is 25.5. The molecule has 2 aromatic carbocycles.